The Morgan fingerprint density at radius 2 is 2.10 bits per heavy atom. The van der Waals surface area contributed by atoms with Gasteiger partial charge in [-0.15, -0.1) is 5.10 Å². The van der Waals surface area contributed by atoms with Gasteiger partial charge in [0.25, 0.3) is 0 Å². The molecule has 1 heterocycles. The monoisotopic (exact) mass is 309 g/mol. The van der Waals surface area contributed by atoms with E-state index in [1.165, 1.54) is 0 Å². The third-order valence-electron chi connectivity index (χ3n) is 3.19. The van der Waals surface area contributed by atoms with E-state index in [1.54, 1.807) is 10.7 Å². The molecule has 0 aliphatic heterocycles. The predicted molar refractivity (Wildman–Crippen MR) is 81.2 cm³/mol. The van der Waals surface area contributed by atoms with Crippen molar-refractivity contribution >= 4 is 11.6 Å². The van der Waals surface area contributed by atoms with Crippen molar-refractivity contribution in [2.45, 2.75) is 40.0 Å². The zero-order valence-electron chi connectivity index (χ0n) is 12.3. The molecule has 0 unspecified atom stereocenters. The van der Waals surface area contributed by atoms with E-state index < -0.39 is 0 Å². The topological polar surface area (TPSA) is 60.2 Å². The molecule has 0 saturated carbocycles. The summed E-state index contributed by atoms with van der Waals surface area (Å²) < 4.78 is 7.52. The zero-order chi connectivity index (χ0) is 15.2. The second-order valence-corrected chi connectivity index (χ2v) is 5.67. The number of hydrogen-bond donors (Lipinski definition) is 1. The van der Waals surface area contributed by atoms with Gasteiger partial charge in [0.15, 0.2) is 0 Å². The Balaban J connectivity index is 2.10. The molecule has 1 N–H and O–H groups in total. The molecule has 0 fully saturated rings. The van der Waals surface area contributed by atoms with Crippen molar-refractivity contribution in [3.8, 4) is 5.75 Å². The van der Waals surface area contributed by atoms with Crippen molar-refractivity contribution < 1.29 is 9.84 Å². The van der Waals surface area contributed by atoms with Crippen LogP contribution in [-0.4, -0.2) is 20.1 Å². The average Bonchev–Trinajstić information content (AvgIpc) is 2.86. The molecule has 0 radical (unpaired) electrons. The van der Waals surface area contributed by atoms with Crippen LogP contribution in [0, 0.1) is 5.92 Å². The van der Waals surface area contributed by atoms with Crippen LogP contribution in [-0.2, 0) is 19.8 Å². The number of aliphatic hydroxyl groups excluding tert-OH is 1. The van der Waals surface area contributed by atoms with Crippen LogP contribution in [0.4, 0.5) is 0 Å². The van der Waals surface area contributed by atoms with E-state index in [0.29, 0.717) is 22.4 Å². The molecule has 0 spiro atoms. The van der Waals surface area contributed by atoms with Crippen molar-refractivity contribution in [1.29, 1.82) is 0 Å². The molecule has 114 valence electrons. The van der Waals surface area contributed by atoms with E-state index in [9.17, 15) is 5.11 Å². The second-order valence-electron chi connectivity index (χ2n) is 5.27. The van der Waals surface area contributed by atoms with Crippen molar-refractivity contribution in [3.05, 3.63) is 40.7 Å². The first kappa shape index (κ1) is 15.8. The summed E-state index contributed by atoms with van der Waals surface area (Å²) in [7, 11) is 0. The number of halogens is 1. The normalized spacial score (nSPS) is 11.1. The Hall–Kier alpha value is -1.59. The summed E-state index contributed by atoms with van der Waals surface area (Å²) >= 11 is 6.07. The van der Waals surface area contributed by atoms with Gasteiger partial charge in [0, 0.05) is 6.54 Å². The van der Waals surface area contributed by atoms with Crippen LogP contribution in [0.5, 0.6) is 5.75 Å². The van der Waals surface area contributed by atoms with Gasteiger partial charge in [-0.25, -0.2) is 4.68 Å². The summed E-state index contributed by atoms with van der Waals surface area (Å²) in [6, 6.07) is 7.30. The molecule has 0 bridgehead atoms. The lowest BCUT2D eigenvalue weighted by Gasteiger charge is -2.11. The van der Waals surface area contributed by atoms with Crippen LogP contribution in [0.25, 0.3) is 0 Å². The van der Waals surface area contributed by atoms with Crippen molar-refractivity contribution in [3.63, 3.8) is 0 Å². The molecule has 0 aliphatic rings. The van der Waals surface area contributed by atoms with Crippen LogP contribution < -0.4 is 4.74 Å². The Bertz CT molecular complexity index is 584. The summed E-state index contributed by atoms with van der Waals surface area (Å²) in [6.07, 6.45) is 0.993. The fourth-order valence-corrected chi connectivity index (χ4v) is 2.11. The molecule has 0 amide bonds. The SMILES string of the molecule is CC(C)CCn1nnc(CO)c1COc1ccccc1Cl. The third kappa shape index (κ3) is 4.19. The number of benzene rings is 1. The van der Waals surface area contributed by atoms with Gasteiger partial charge in [-0.1, -0.05) is 42.8 Å². The van der Waals surface area contributed by atoms with Gasteiger partial charge in [-0.05, 0) is 24.5 Å². The fraction of sp³-hybridized carbons (Fsp3) is 0.467. The lowest BCUT2D eigenvalue weighted by Crippen LogP contribution is -2.11. The largest absolute Gasteiger partial charge is 0.486 e. The van der Waals surface area contributed by atoms with E-state index in [2.05, 4.69) is 24.2 Å². The minimum absolute atomic E-state index is 0.150. The molecule has 0 saturated heterocycles. The van der Waals surface area contributed by atoms with Gasteiger partial charge in [-0.3, -0.25) is 0 Å². The Labute approximate surface area is 129 Å². The number of aliphatic hydroxyl groups is 1. The molecule has 2 aromatic rings. The summed E-state index contributed by atoms with van der Waals surface area (Å²) in [5.41, 5.74) is 1.34. The first-order valence-electron chi connectivity index (χ1n) is 7.01. The maximum absolute atomic E-state index is 9.36. The van der Waals surface area contributed by atoms with Crippen molar-refractivity contribution in [1.82, 2.24) is 15.0 Å². The summed E-state index contributed by atoms with van der Waals surface area (Å²) in [6.45, 7) is 5.20. The van der Waals surface area contributed by atoms with Gasteiger partial charge >= 0.3 is 0 Å². The van der Waals surface area contributed by atoms with Crippen LogP contribution in [0.3, 0.4) is 0 Å². The standard InChI is InChI=1S/C15H20ClN3O2/c1-11(2)7-8-19-14(13(9-20)17-18-19)10-21-15-6-4-3-5-12(15)16/h3-6,11,20H,7-10H2,1-2H3. The minimum Gasteiger partial charge on any atom is -0.486 e. The number of hydrogen-bond acceptors (Lipinski definition) is 4. The highest BCUT2D eigenvalue weighted by Gasteiger charge is 2.14. The van der Waals surface area contributed by atoms with Crippen LogP contribution in [0.2, 0.25) is 5.02 Å². The first-order chi connectivity index (χ1) is 10.1. The van der Waals surface area contributed by atoms with Crippen LogP contribution in [0.15, 0.2) is 24.3 Å². The van der Waals surface area contributed by atoms with E-state index in [1.807, 2.05) is 18.2 Å². The molecule has 6 heteroatoms. The highest BCUT2D eigenvalue weighted by atomic mass is 35.5. The number of nitrogens with zero attached hydrogens (tertiary/aromatic N) is 3. The third-order valence-corrected chi connectivity index (χ3v) is 3.50. The Kier molecular flexibility index (Phi) is 5.59. The lowest BCUT2D eigenvalue weighted by atomic mass is 10.1. The molecular weight excluding hydrogens is 290 g/mol. The van der Waals surface area contributed by atoms with Crippen LogP contribution in [0.1, 0.15) is 31.7 Å². The van der Waals surface area contributed by atoms with Gasteiger partial charge < -0.3 is 9.84 Å². The maximum atomic E-state index is 9.36. The van der Waals surface area contributed by atoms with Crippen LogP contribution >= 0.6 is 11.6 Å². The molecule has 1 aromatic heterocycles. The quantitative estimate of drug-likeness (QED) is 0.854. The number of aromatic nitrogens is 3. The van der Waals surface area contributed by atoms with E-state index >= 15 is 0 Å². The average molecular weight is 310 g/mol. The molecule has 21 heavy (non-hydrogen) atoms. The second kappa shape index (κ2) is 7.43. The van der Waals surface area contributed by atoms with Gasteiger partial charge in [-0.2, -0.15) is 0 Å². The number of ether oxygens (including phenoxy) is 1. The minimum atomic E-state index is -0.150. The summed E-state index contributed by atoms with van der Waals surface area (Å²) in [5.74, 6) is 1.18. The van der Waals surface area contributed by atoms with Crippen molar-refractivity contribution in [2.24, 2.45) is 5.92 Å². The van der Waals surface area contributed by atoms with E-state index in [4.69, 9.17) is 16.3 Å². The highest BCUT2D eigenvalue weighted by Crippen LogP contribution is 2.24. The number of aryl methyl sites for hydroxylation is 1. The Morgan fingerprint density at radius 3 is 2.76 bits per heavy atom. The molecule has 5 nitrogen and oxygen atoms in total. The first-order valence-corrected chi connectivity index (χ1v) is 7.39. The van der Waals surface area contributed by atoms with Crippen molar-refractivity contribution in [2.75, 3.05) is 0 Å². The van der Waals surface area contributed by atoms with Gasteiger partial charge in [0.05, 0.1) is 11.6 Å². The predicted octanol–water partition coefficient (Wildman–Crippen LogP) is 3.05. The summed E-state index contributed by atoms with van der Waals surface area (Å²) in [4.78, 5) is 0. The molecule has 2 rings (SSSR count). The molecule has 0 atom stereocenters. The van der Waals surface area contributed by atoms with Gasteiger partial charge in [0.1, 0.15) is 23.7 Å². The zero-order valence-corrected chi connectivity index (χ0v) is 13.0. The highest BCUT2D eigenvalue weighted by molar-refractivity contribution is 6.32. The fourth-order valence-electron chi connectivity index (χ4n) is 1.92. The summed E-state index contributed by atoms with van der Waals surface area (Å²) in [5, 5.41) is 18.0. The molecule has 1 aromatic carbocycles. The number of para-hydroxylation sites is 1. The van der Waals surface area contributed by atoms with E-state index in [-0.39, 0.29) is 13.2 Å². The smallest absolute Gasteiger partial charge is 0.138 e. The maximum Gasteiger partial charge on any atom is 0.138 e. The molecule has 0 aliphatic carbocycles. The van der Waals surface area contributed by atoms with E-state index in [0.717, 1.165) is 18.7 Å². The Morgan fingerprint density at radius 1 is 1.33 bits per heavy atom. The lowest BCUT2D eigenvalue weighted by molar-refractivity contribution is 0.261. The number of rotatable bonds is 7. The molecular formula is C15H20ClN3O2. The van der Waals surface area contributed by atoms with Gasteiger partial charge in [0.2, 0.25) is 0 Å².